The molecule has 0 aliphatic carbocycles. The van der Waals surface area contributed by atoms with Gasteiger partial charge in [0.1, 0.15) is 0 Å². The molecule has 1 aromatic heterocycles. The predicted molar refractivity (Wildman–Crippen MR) is 92.3 cm³/mol. The van der Waals surface area contributed by atoms with E-state index in [2.05, 4.69) is 26.9 Å². The molecule has 1 fully saturated rings. The second-order valence-corrected chi connectivity index (χ2v) is 6.20. The summed E-state index contributed by atoms with van der Waals surface area (Å²) >= 11 is 0. The second kappa shape index (κ2) is 7.13. The van der Waals surface area contributed by atoms with Gasteiger partial charge in [0, 0.05) is 43.9 Å². The highest BCUT2D eigenvalue weighted by Crippen LogP contribution is 2.23. The molecule has 1 atom stereocenters. The van der Waals surface area contributed by atoms with Crippen LogP contribution in [0.25, 0.3) is 0 Å². The summed E-state index contributed by atoms with van der Waals surface area (Å²) in [6.45, 7) is 9.51. The average Bonchev–Trinajstić information content (AvgIpc) is 3.10. The maximum atomic E-state index is 11.4. The van der Waals surface area contributed by atoms with Gasteiger partial charge in [0.2, 0.25) is 5.89 Å². The van der Waals surface area contributed by atoms with Crippen LogP contribution in [0.3, 0.4) is 0 Å². The Morgan fingerprint density at radius 1 is 1.21 bits per heavy atom. The molecule has 6 nitrogen and oxygen atoms in total. The first-order chi connectivity index (χ1) is 11.6. The fraction of sp³-hybridized carbons (Fsp3) is 0.500. The van der Waals surface area contributed by atoms with E-state index in [9.17, 15) is 4.79 Å². The van der Waals surface area contributed by atoms with Crippen LogP contribution in [0, 0.1) is 0 Å². The maximum absolute atomic E-state index is 11.4. The number of anilines is 1. The van der Waals surface area contributed by atoms with Crippen molar-refractivity contribution in [2.24, 2.45) is 0 Å². The summed E-state index contributed by atoms with van der Waals surface area (Å²) in [4.78, 5) is 20.5. The maximum Gasteiger partial charge on any atom is 0.243 e. The highest BCUT2D eigenvalue weighted by molar-refractivity contribution is 5.94. The molecule has 0 N–H and O–H groups in total. The fourth-order valence-corrected chi connectivity index (χ4v) is 3.01. The van der Waals surface area contributed by atoms with Gasteiger partial charge >= 0.3 is 0 Å². The molecule has 1 aromatic carbocycles. The van der Waals surface area contributed by atoms with Gasteiger partial charge in [-0.1, -0.05) is 12.1 Å². The molecular formula is C18H24N4O2. The van der Waals surface area contributed by atoms with Crippen molar-refractivity contribution in [3.63, 3.8) is 0 Å². The van der Waals surface area contributed by atoms with Gasteiger partial charge in [0.05, 0.1) is 6.04 Å². The Morgan fingerprint density at radius 3 is 2.42 bits per heavy atom. The lowest BCUT2D eigenvalue weighted by Crippen LogP contribution is -2.47. The number of Topliss-reactive ketones (excluding diaryl/α,β-unsaturated/α-hetero) is 1. The van der Waals surface area contributed by atoms with Crippen molar-refractivity contribution in [2.45, 2.75) is 33.2 Å². The van der Waals surface area contributed by atoms with Crippen molar-refractivity contribution < 1.29 is 9.32 Å². The molecule has 1 saturated heterocycles. The summed E-state index contributed by atoms with van der Waals surface area (Å²) in [5, 5.41) is 3.98. The van der Waals surface area contributed by atoms with Crippen LogP contribution in [0.15, 0.2) is 28.8 Å². The van der Waals surface area contributed by atoms with Crippen LogP contribution in [-0.4, -0.2) is 47.0 Å². The standard InChI is InChI=1S/C18H24N4O2/c1-4-17-19-18(24-20-17)13(2)21-9-11-22(12-10-21)16-7-5-15(6-8-16)14(3)23/h5-8,13H,4,9-12H2,1-3H3/t13-/m0/s1. The second-order valence-electron chi connectivity index (χ2n) is 6.20. The number of hydrogen-bond acceptors (Lipinski definition) is 6. The lowest BCUT2D eigenvalue weighted by molar-refractivity contribution is 0.101. The summed E-state index contributed by atoms with van der Waals surface area (Å²) in [6.07, 6.45) is 0.792. The minimum absolute atomic E-state index is 0.103. The lowest BCUT2D eigenvalue weighted by Gasteiger charge is -2.38. The zero-order chi connectivity index (χ0) is 17.1. The van der Waals surface area contributed by atoms with E-state index in [-0.39, 0.29) is 11.8 Å². The first-order valence-corrected chi connectivity index (χ1v) is 8.51. The Morgan fingerprint density at radius 2 is 1.88 bits per heavy atom. The number of aromatic nitrogens is 2. The average molecular weight is 328 g/mol. The van der Waals surface area contributed by atoms with Gasteiger partial charge in [-0.15, -0.1) is 0 Å². The van der Waals surface area contributed by atoms with Gasteiger partial charge in [-0.25, -0.2) is 0 Å². The van der Waals surface area contributed by atoms with Gasteiger partial charge in [0.25, 0.3) is 0 Å². The third-order valence-corrected chi connectivity index (χ3v) is 4.66. The van der Waals surface area contributed by atoms with Crippen LogP contribution in [0.2, 0.25) is 0 Å². The monoisotopic (exact) mass is 328 g/mol. The normalized spacial score (nSPS) is 17.0. The topological polar surface area (TPSA) is 62.5 Å². The van der Waals surface area contributed by atoms with E-state index in [1.165, 1.54) is 5.69 Å². The van der Waals surface area contributed by atoms with Crippen LogP contribution in [0.5, 0.6) is 0 Å². The van der Waals surface area contributed by atoms with Crippen molar-refractivity contribution >= 4 is 11.5 Å². The molecule has 0 amide bonds. The molecule has 1 aliphatic rings. The number of aryl methyl sites for hydroxylation is 1. The summed E-state index contributed by atoms with van der Waals surface area (Å²) in [5.74, 6) is 1.57. The van der Waals surface area contributed by atoms with Crippen LogP contribution in [-0.2, 0) is 6.42 Å². The number of rotatable bonds is 5. The van der Waals surface area contributed by atoms with Gasteiger partial charge in [-0.05, 0) is 38.1 Å². The van der Waals surface area contributed by atoms with Crippen molar-refractivity contribution in [1.29, 1.82) is 0 Å². The number of hydrogen-bond donors (Lipinski definition) is 0. The first-order valence-electron chi connectivity index (χ1n) is 8.51. The molecule has 0 unspecified atom stereocenters. The predicted octanol–water partition coefficient (Wildman–Crippen LogP) is 2.72. The number of nitrogens with zero attached hydrogens (tertiary/aromatic N) is 4. The molecule has 6 heteroatoms. The molecule has 0 bridgehead atoms. The molecule has 0 radical (unpaired) electrons. The third-order valence-electron chi connectivity index (χ3n) is 4.66. The highest BCUT2D eigenvalue weighted by atomic mass is 16.5. The summed E-state index contributed by atoms with van der Waals surface area (Å²) in [5.41, 5.74) is 1.92. The molecule has 3 rings (SSSR count). The SMILES string of the molecule is CCc1noc([C@H](C)N2CCN(c3ccc(C(C)=O)cc3)CC2)n1. The van der Waals surface area contributed by atoms with Gasteiger partial charge in [0.15, 0.2) is 11.6 Å². The Balaban J connectivity index is 1.59. The number of benzene rings is 1. The minimum Gasteiger partial charge on any atom is -0.369 e. The third kappa shape index (κ3) is 3.48. The van der Waals surface area contributed by atoms with E-state index in [0.717, 1.165) is 44.0 Å². The van der Waals surface area contributed by atoms with E-state index < -0.39 is 0 Å². The van der Waals surface area contributed by atoms with Gasteiger partial charge in [-0.3, -0.25) is 9.69 Å². The van der Waals surface area contributed by atoms with E-state index in [0.29, 0.717) is 5.89 Å². The number of piperazine rings is 1. The molecule has 24 heavy (non-hydrogen) atoms. The Kier molecular flexibility index (Phi) is 4.94. The zero-order valence-corrected chi connectivity index (χ0v) is 14.5. The Labute approximate surface area is 142 Å². The Hall–Kier alpha value is -2.21. The molecular weight excluding hydrogens is 304 g/mol. The van der Waals surface area contributed by atoms with Crippen molar-refractivity contribution in [1.82, 2.24) is 15.0 Å². The smallest absolute Gasteiger partial charge is 0.243 e. The zero-order valence-electron chi connectivity index (χ0n) is 14.5. The van der Waals surface area contributed by atoms with Crippen molar-refractivity contribution in [3.05, 3.63) is 41.5 Å². The number of carbonyl (C=O) groups excluding carboxylic acids is 1. The molecule has 1 aliphatic heterocycles. The quantitative estimate of drug-likeness (QED) is 0.787. The van der Waals surface area contributed by atoms with Crippen molar-refractivity contribution in [2.75, 3.05) is 31.1 Å². The summed E-state index contributed by atoms with van der Waals surface area (Å²) < 4.78 is 5.37. The van der Waals surface area contributed by atoms with Crippen molar-refractivity contribution in [3.8, 4) is 0 Å². The Bertz CT molecular complexity index is 687. The van der Waals surface area contributed by atoms with Crippen LogP contribution >= 0.6 is 0 Å². The van der Waals surface area contributed by atoms with E-state index >= 15 is 0 Å². The fourth-order valence-electron chi connectivity index (χ4n) is 3.01. The number of ketones is 1. The molecule has 0 spiro atoms. The first kappa shape index (κ1) is 16.6. The van der Waals surface area contributed by atoms with E-state index in [1.54, 1.807) is 6.92 Å². The highest BCUT2D eigenvalue weighted by Gasteiger charge is 2.25. The van der Waals surface area contributed by atoms with E-state index in [4.69, 9.17) is 4.52 Å². The largest absolute Gasteiger partial charge is 0.369 e. The summed E-state index contributed by atoms with van der Waals surface area (Å²) in [6, 6.07) is 8.00. The summed E-state index contributed by atoms with van der Waals surface area (Å²) in [7, 11) is 0. The minimum atomic E-state index is 0.103. The van der Waals surface area contributed by atoms with Gasteiger partial charge < -0.3 is 9.42 Å². The number of carbonyl (C=O) groups is 1. The van der Waals surface area contributed by atoms with Gasteiger partial charge in [-0.2, -0.15) is 4.98 Å². The molecule has 0 saturated carbocycles. The lowest BCUT2D eigenvalue weighted by atomic mass is 10.1. The van der Waals surface area contributed by atoms with E-state index in [1.807, 2.05) is 31.2 Å². The molecule has 128 valence electrons. The van der Waals surface area contributed by atoms with Crippen LogP contribution < -0.4 is 4.90 Å². The van der Waals surface area contributed by atoms with Crippen LogP contribution in [0.4, 0.5) is 5.69 Å². The molecule has 2 aromatic rings. The van der Waals surface area contributed by atoms with Crippen LogP contribution in [0.1, 0.15) is 48.9 Å². The molecule has 2 heterocycles.